The molecule has 0 unspecified atom stereocenters. The first-order valence-corrected chi connectivity index (χ1v) is 13.1. The smallest absolute Gasteiger partial charge is 0.243 e. The van der Waals surface area contributed by atoms with Crippen molar-refractivity contribution >= 4 is 33.4 Å². The predicted octanol–water partition coefficient (Wildman–Crippen LogP) is 4.79. The number of aryl methyl sites for hydroxylation is 1. The predicted molar refractivity (Wildman–Crippen MR) is 123 cm³/mol. The van der Waals surface area contributed by atoms with Gasteiger partial charge in [-0.05, 0) is 73.9 Å². The highest BCUT2D eigenvalue weighted by Gasteiger charge is 2.32. The van der Waals surface area contributed by atoms with E-state index in [9.17, 15) is 13.2 Å². The third-order valence-corrected chi connectivity index (χ3v) is 8.22. The van der Waals surface area contributed by atoms with Crippen LogP contribution in [-0.2, 0) is 21.2 Å². The normalized spacial score (nSPS) is 15.8. The number of piperidine rings is 1. The summed E-state index contributed by atoms with van der Waals surface area (Å²) in [5, 5.41) is 2.98. The molecule has 1 amide bonds. The number of anilines is 1. The van der Waals surface area contributed by atoms with Gasteiger partial charge < -0.3 is 5.32 Å². The van der Waals surface area contributed by atoms with Crippen LogP contribution in [-0.4, -0.2) is 38.0 Å². The van der Waals surface area contributed by atoms with Gasteiger partial charge in [-0.2, -0.15) is 4.31 Å². The first-order valence-electron chi connectivity index (χ1n) is 10.5. The summed E-state index contributed by atoms with van der Waals surface area (Å²) in [5.41, 5.74) is 2.07. The second-order valence-electron chi connectivity index (χ2n) is 7.64. The van der Waals surface area contributed by atoms with Crippen molar-refractivity contribution in [2.75, 3.05) is 24.7 Å². The number of amides is 1. The van der Waals surface area contributed by atoms with Gasteiger partial charge in [0, 0.05) is 29.6 Å². The van der Waals surface area contributed by atoms with E-state index in [1.165, 1.54) is 9.87 Å². The van der Waals surface area contributed by atoms with E-state index in [-0.39, 0.29) is 11.8 Å². The van der Waals surface area contributed by atoms with Gasteiger partial charge in [-0.3, -0.25) is 4.79 Å². The summed E-state index contributed by atoms with van der Waals surface area (Å²) < 4.78 is 27.3. The molecule has 162 valence electrons. The summed E-state index contributed by atoms with van der Waals surface area (Å²) >= 11 is 1.58. The van der Waals surface area contributed by atoms with Gasteiger partial charge in [-0.15, -0.1) is 11.8 Å². The van der Waals surface area contributed by atoms with Crippen molar-refractivity contribution in [3.05, 3.63) is 54.1 Å². The number of hydrogen-bond donors (Lipinski definition) is 1. The first kappa shape index (κ1) is 22.8. The molecule has 0 spiro atoms. The molecule has 1 saturated heterocycles. The molecule has 3 rings (SSSR count). The fraction of sp³-hybridized carbons (Fsp3) is 0.435. The van der Waals surface area contributed by atoms with E-state index < -0.39 is 10.0 Å². The van der Waals surface area contributed by atoms with E-state index in [0.717, 1.165) is 29.8 Å². The standard InChI is InChI=1S/C23H30N2O3S2/c1-3-4-5-18-6-8-20(9-7-18)24-23(26)19-14-16-25(17-15-19)30(27,28)22-12-10-21(29-2)11-13-22/h6-13,19H,3-5,14-17H2,1-2H3,(H,24,26). The maximum absolute atomic E-state index is 12.9. The summed E-state index contributed by atoms with van der Waals surface area (Å²) in [6, 6.07) is 15.0. The summed E-state index contributed by atoms with van der Waals surface area (Å²) in [6.07, 6.45) is 6.40. The number of carbonyl (C=O) groups excluding carboxylic acids is 1. The minimum absolute atomic E-state index is 0.0299. The Balaban J connectivity index is 1.54. The lowest BCUT2D eigenvalue weighted by molar-refractivity contribution is -0.120. The molecule has 7 heteroatoms. The molecule has 1 aliphatic heterocycles. The minimum Gasteiger partial charge on any atom is -0.326 e. The van der Waals surface area contributed by atoms with E-state index in [2.05, 4.69) is 24.4 Å². The summed E-state index contributed by atoms with van der Waals surface area (Å²) in [5.74, 6) is -0.201. The number of benzene rings is 2. The molecular weight excluding hydrogens is 416 g/mol. The molecule has 0 saturated carbocycles. The topological polar surface area (TPSA) is 66.5 Å². The molecular formula is C23H30N2O3S2. The van der Waals surface area contributed by atoms with E-state index in [1.807, 2.05) is 30.5 Å². The summed E-state index contributed by atoms with van der Waals surface area (Å²) in [4.78, 5) is 14.0. The molecule has 30 heavy (non-hydrogen) atoms. The molecule has 0 bridgehead atoms. The van der Waals surface area contributed by atoms with Crippen molar-refractivity contribution in [2.45, 2.75) is 48.8 Å². The number of rotatable bonds is 8. The van der Waals surface area contributed by atoms with Crippen LogP contribution in [0.2, 0.25) is 0 Å². The zero-order chi connectivity index (χ0) is 21.6. The lowest BCUT2D eigenvalue weighted by Gasteiger charge is -2.30. The van der Waals surface area contributed by atoms with Crippen molar-refractivity contribution in [1.82, 2.24) is 4.31 Å². The third kappa shape index (κ3) is 5.65. The third-order valence-electron chi connectivity index (χ3n) is 5.56. The van der Waals surface area contributed by atoms with Gasteiger partial charge >= 0.3 is 0 Å². The Morgan fingerprint density at radius 3 is 2.27 bits per heavy atom. The van der Waals surface area contributed by atoms with E-state index in [0.29, 0.717) is 30.8 Å². The Bertz CT molecular complexity index is 933. The van der Waals surface area contributed by atoms with Gasteiger partial charge in [0.05, 0.1) is 4.90 Å². The minimum atomic E-state index is -3.52. The molecule has 1 fully saturated rings. The zero-order valence-electron chi connectivity index (χ0n) is 17.6. The van der Waals surface area contributed by atoms with Crippen LogP contribution >= 0.6 is 11.8 Å². The van der Waals surface area contributed by atoms with E-state index in [4.69, 9.17) is 0 Å². The lowest BCUT2D eigenvalue weighted by atomic mass is 9.97. The van der Waals surface area contributed by atoms with Crippen molar-refractivity contribution in [1.29, 1.82) is 0 Å². The number of thioether (sulfide) groups is 1. The van der Waals surface area contributed by atoms with Gasteiger partial charge in [0.25, 0.3) is 0 Å². The molecule has 5 nitrogen and oxygen atoms in total. The van der Waals surface area contributed by atoms with Gasteiger partial charge in [0.15, 0.2) is 0 Å². The Morgan fingerprint density at radius 2 is 1.70 bits per heavy atom. The maximum atomic E-state index is 12.9. The molecule has 0 aliphatic carbocycles. The van der Waals surface area contributed by atoms with Crippen molar-refractivity contribution in [3.63, 3.8) is 0 Å². The number of nitrogens with zero attached hydrogens (tertiary/aromatic N) is 1. The molecule has 1 aliphatic rings. The molecule has 0 radical (unpaired) electrons. The highest BCUT2D eigenvalue weighted by atomic mass is 32.2. The monoisotopic (exact) mass is 446 g/mol. The highest BCUT2D eigenvalue weighted by molar-refractivity contribution is 7.98. The molecule has 2 aromatic carbocycles. The van der Waals surface area contributed by atoms with Crippen molar-refractivity contribution in [3.8, 4) is 0 Å². The van der Waals surface area contributed by atoms with Crippen molar-refractivity contribution in [2.24, 2.45) is 5.92 Å². The van der Waals surface area contributed by atoms with Crippen LogP contribution in [0.3, 0.4) is 0 Å². The zero-order valence-corrected chi connectivity index (χ0v) is 19.3. The Kier molecular flexibility index (Phi) is 7.97. The maximum Gasteiger partial charge on any atom is 0.243 e. The number of unbranched alkanes of at least 4 members (excludes halogenated alkanes) is 1. The number of nitrogens with one attached hydrogen (secondary N) is 1. The lowest BCUT2D eigenvalue weighted by Crippen LogP contribution is -2.41. The number of hydrogen-bond acceptors (Lipinski definition) is 4. The van der Waals surface area contributed by atoms with Crippen LogP contribution in [0.15, 0.2) is 58.3 Å². The summed E-state index contributed by atoms with van der Waals surface area (Å²) in [7, 11) is -3.52. The quantitative estimate of drug-likeness (QED) is 0.592. The second-order valence-corrected chi connectivity index (χ2v) is 10.5. The van der Waals surface area contributed by atoms with Crippen LogP contribution < -0.4 is 5.32 Å². The average Bonchev–Trinajstić information content (AvgIpc) is 2.78. The summed E-state index contributed by atoms with van der Waals surface area (Å²) in [6.45, 7) is 2.90. The Labute approximate surface area is 184 Å². The number of carbonyl (C=O) groups is 1. The van der Waals surface area contributed by atoms with Crippen LogP contribution in [0.4, 0.5) is 5.69 Å². The van der Waals surface area contributed by atoms with Gasteiger partial charge in [-0.25, -0.2) is 8.42 Å². The average molecular weight is 447 g/mol. The number of sulfonamides is 1. The van der Waals surface area contributed by atoms with Crippen LogP contribution in [0.25, 0.3) is 0 Å². The molecule has 1 N–H and O–H groups in total. The van der Waals surface area contributed by atoms with Crippen LogP contribution in [0.1, 0.15) is 38.2 Å². The molecule has 0 atom stereocenters. The largest absolute Gasteiger partial charge is 0.326 e. The SMILES string of the molecule is CCCCc1ccc(NC(=O)C2CCN(S(=O)(=O)c3ccc(SC)cc3)CC2)cc1. The Hall–Kier alpha value is -1.83. The van der Waals surface area contributed by atoms with Gasteiger partial charge in [-0.1, -0.05) is 25.5 Å². The first-order chi connectivity index (χ1) is 14.4. The Morgan fingerprint density at radius 1 is 1.07 bits per heavy atom. The molecule has 0 aromatic heterocycles. The fourth-order valence-electron chi connectivity index (χ4n) is 3.64. The van der Waals surface area contributed by atoms with Crippen molar-refractivity contribution < 1.29 is 13.2 Å². The van der Waals surface area contributed by atoms with Gasteiger partial charge in [0.2, 0.25) is 15.9 Å². The molecule has 1 heterocycles. The highest BCUT2D eigenvalue weighted by Crippen LogP contribution is 2.26. The second kappa shape index (κ2) is 10.5. The van der Waals surface area contributed by atoms with Crippen LogP contribution in [0.5, 0.6) is 0 Å². The van der Waals surface area contributed by atoms with Gasteiger partial charge in [0.1, 0.15) is 0 Å². The fourth-order valence-corrected chi connectivity index (χ4v) is 5.51. The van der Waals surface area contributed by atoms with Crippen LogP contribution in [0, 0.1) is 5.92 Å². The van der Waals surface area contributed by atoms with E-state index in [1.54, 1.807) is 23.9 Å². The molecule has 2 aromatic rings. The van der Waals surface area contributed by atoms with E-state index >= 15 is 0 Å².